The molecular formula is C40H27N3O3. The van der Waals surface area contributed by atoms with Crippen LogP contribution in [0.4, 0.5) is 0 Å². The van der Waals surface area contributed by atoms with E-state index >= 15 is 0 Å². The Kier molecular flexibility index (Phi) is 5.53. The number of hydrogen-bond donors (Lipinski definition) is 0. The van der Waals surface area contributed by atoms with Crippen molar-refractivity contribution >= 4 is 32.7 Å². The molecule has 1 aliphatic heterocycles. The Hall–Kier alpha value is -6.14. The van der Waals surface area contributed by atoms with Gasteiger partial charge in [0.1, 0.15) is 0 Å². The lowest BCUT2D eigenvalue weighted by Gasteiger charge is -2.21. The van der Waals surface area contributed by atoms with Gasteiger partial charge in [-0.1, -0.05) is 54.6 Å². The summed E-state index contributed by atoms with van der Waals surface area (Å²) in [5.41, 5.74) is 8.29. The maximum Gasteiger partial charge on any atom is 0.340 e. The van der Waals surface area contributed by atoms with E-state index in [1.165, 1.54) is 4.57 Å². The molecular weight excluding hydrogens is 570 g/mol. The van der Waals surface area contributed by atoms with E-state index in [2.05, 4.69) is 66.9 Å². The smallest absolute Gasteiger partial charge is 0.340 e. The minimum atomic E-state index is -0.411. The molecule has 220 valence electrons. The maximum absolute atomic E-state index is 14.1. The van der Waals surface area contributed by atoms with Gasteiger partial charge in [0.2, 0.25) is 0 Å². The van der Waals surface area contributed by atoms with Gasteiger partial charge in [-0.3, -0.25) is 9.36 Å². The Bertz CT molecular complexity index is 2660. The standard InChI is InChI=1S/C40H27N3O3/c1-24-13-16-35-36(20-24)46-37-21-25(2)19-31-30-22-26(14-17-33(30)43(35)38(31)37)27-15-18-34-32(23-27)39(44)42(29-11-7-4-8-12-29)40(45)41(34)28-9-5-3-6-10-28/h3-23H,1-2H3. The van der Waals surface area contributed by atoms with E-state index in [0.717, 1.165) is 61.2 Å². The number of para-hydroxylation sites is 2. The minimum absolute atomic E-state index is 0.354. The van der Waals surface area contributed by atoms with Crippen LogP contribution in [0.3, 0.4) is 0 Å². The van der Waals surface area contributed by atoms with Crippen molar-refractivity contribution in [2.45, 2.75) is 13.8 Å². The van der Waals surface area contributed by atoms with Crippen molar-refractivity contribution in [1.82, 2.24) is 13.7 Å². The number of aromatic nitrogens is 3. The highest BCUT2D eigenvalue weighted by atomic mass is 16.5. The molecule has 0 saturated carbocycles. The monoisotopic (exact) mass is 597 g/mol. The van der Waals surface area contributed by atoms with Gasteiger partial charge < -0.3 is 9.30 Å². The summed E-state index contributed by atoms with van der Waals surface area (Å²) in [5, 5.41) is 2.68. The molecule has 8 aromatic rings. The fraction of sp³-hybridized carbons (Fsp3) is 0.0500. The molecule has 1 aliphatic rings. The molecule has 6 nitrogen and oxygen atoms in total. The van der Waals surface area contributed by atoms with E-state index in [4.69, 9.17) is 4.74 Å². The molecule has 0 aliphatic carbocycles. The third-order valence-electron chi connectivity index (χ3n) is 8.96. The highest BCUT2D eigenvalue weighted by molar-refractivity contribution is 6.13. The summed E-state index contributed by atoms with van der Waals surface area (Å²) in [7, 11) is 0. The normalized spacial score (nSPS) is 12.0. The number of fused-ring (bicyclic) bond motifs is 6. The molecule has 0 atom stereocenters. The van der Waals surface area contributed by atoms with E-state index in [9.17, 15) is 9.59 Å². The van der Waals surface area contributed by atoms with Gasteiger partial charge in [-0.05, 0) is 109 Å². The van der Waals surface area contributed by atoms with E-state index < -0.39 is 5.69 Å². The summed E-state index contributed by atoms with van der Waals surface area (Å²) in [4.78, 5) is 28.0. The molecule has 9 rings (SSSR count). The fourth-order valence-electron chi connectivity index (χ4n) is 6.89. The van der Waals surface area contributed by atoms with Crippen molar-refractivity contribution in [3.63, 3.8) is 0 Å². The number of aryl methyl sites for hydroxylation is 2. The summed E-state index contributed by atoms with van der Waals surface area (Å²) in [5.74, 6) is 1.69. The van der Waals surface area contributed by atoms with Crippen LogP contribution >= 0.6 is 0 Å². The first-order valence-corrected chi connectivity index (χ1v) is 15.3. The van der Waals surface area contributed by atoms with Crippen LogP contribution in [0.25, 0.3) is 60.9 Å². The molecule has 0 radical (unpaired) electrons. The van der Waals surface area contributed by atoms with Crippen LogP contribution in [0.2, 0.25) is 0 Å². The van der Waals surface area contributed by atoms with Crippen molar-refractivity contribution in [3.05, 3.63) is 159 Å². The number of benzene rings is 6. The first-order valence-electron chi connectivity index (χ1n) is 15.3. The lowest BCUT2D eigenvalue weighted by Crippen LogP contribution is -2.38. The maximum atomic E-state index is 14.1. The molecule has 0 amide bonds. The van der Waals surface area contributed by atoms with Gasteiger partial charge in [0.15, 0.2) is 11.5 Å². The van der Waals surface area contributed by atoms with E-state index in [-0.39, 0.29) is 5.56 Å². The summed E-state index contributed by atoms with van der Waals surface area (Å²) >= 11 is 0. The Morgan fingerprint density at radius 3 is 1.80 bits per heavy atom. The van der Waals surface area contributed by atoms with Crippen LogP contribution in [0.5, 0.6) is 11.5 Å². The van der Waals surface area contributed by atoms with Crippen LogP contribution in [-0.4, -0.2) is 13.7 Å². The van der Waals surface area contributed by atoms with Crippen LogP contribution in [0.1, 0.15) is 11.1 Å². The van der Waals surface area contributed by atoms with Crippen LogP contribution < -0.4 is 16.0 Å². The zero-order valence-corrected chi connectivity index (χ0v) is 25.2. The zero-order chi connectivity index (χ0) is 31.1. The highest BCUT2D eigenvalue weighted by Crippen LogP contribution is 2.46. The van der Waals surface area contributed by atoms with Gasteiger partial charge in [0.05, 0.1) is 39.0 Å². The average molecular weight is 598 g/mol. The Morgan fingerprint density at radius 1 is 0.500 bits per heavy atom. The molecule has 3 heterocycles. The van der Waals surface area contributed by atoms with Crippen molar-refractivity contribution in [2.75, 3.05) is 0 Å². The quantitative estimate of drug-likeness (QED) is 0.205. The molecule has 0 saturated heterocycles. The number of rotatable bonds is 3. The van der Waals surface area contributed by atoms with Crippen molar-refractivity contribution in [3.8, 4) is 39.7 Å². The first-order chi connectivity index (χ1) is 22.5. The number of hydrogen-bond acceptors (Lipinski definition) is 3. The fourth-order valence-corrected chi connectivity index (χ4v) is 6.89. The van der Waals surface area contributed by atoms with E-state index in [1.54, 1.807) is 16.7 Å². The topological polar surface area (TPSA) is 58.2 Å². The van der Waals surface area contributed by atoms with Gasteiger partial charge in [-0.2, -0.15) is 0 Å². The van der Waals surface area contributed by atoms with Crippen LogP contribution in [0.15, 0.2) is 137 Å². The van der Waals surface area contributed by atoms with Crippen molar-refractivity contribution in [2.24, 2.45) is 0 Å². The average Bonchev–Trinajstić information content (AvgIpc) is 3.40. The van der Waals surface area contributed by atoms with Crippen LogP contribution in [0, 0.1) is 13.8 Å². The second-order valence-electron chi connectivity index (χ2n) is 12.0. The minimum Gasteiger partial charge on any atom is -0.453 e. The molecule has 46 heavy (non-hydrogen) atoms. The highest BCUT2D eigenvalue weighted by Gasteiger charge is 2.25. The SMILES string of the molecule is Cc1ccc2c(c1)Oc1cc(C)cc3c4cc(-c5ccc6c(c5)c(=O)n(-c5ccccc5)c(=O)n6-c5ccccc5)ccc4n-2c13. The summed E-state index contributed by atoms with van der Waals surface area (Å²) in [6.07, 6.45) is 0. The van der Waals surface area contributed by atoms with Gasteiger partial charge in [-0.15, -0.1) is 0 Å². The molecule has 0 N–H and O–H groups in total. The number of ether oxygens (including phenoxy) is 1. The van der Waals surface area contributed by atoms with Crippen molar-refractivity contribution < 1.29 is 4.74 Å². The molecule has 0 spiro atoms. The molecule has 2 aromatic heterocycles. The third kappa shape index (κ3) is 3.77. The van der Waals surface area contributed by atoms with Gasteiger partial charge >= 0.3 is 5.69 Å². The molecule has 0 bridgehead atoms. The molecule has 6 aromatic carbocycles. The Balaban J connectivity index is 1.31. The molecule has 0 unspecified atom stereocenters. The lowest BCUT2D eigenvalue weighted by atomic mass is 10.0. The van der Waals surface area contributed by atoms with Gasteiger partial charge in [0.25, 0.3) is 5.56 Å². The molecule has 0 fully saturated rings. The second kappa shape index (κ2) is 9.68. The predicted molar refractivity (Wildman–Crippen MR) is 184 cm³/mol. The first kappa shape index (κ1) is 26.3. The molecule has 6 heteroatoms. The van der Waals surface area contributed by atoms with E-state index in [0.29, 0.717) is 22.3 Å². The van der Waals surface area contributed by atoms with Crippen LogP contribution in [-0.2, 0) is 0 Å². The number of nitrogens with zero attached hydrogens (tertiary/aromatic N) is 3. The summed E-state index contributed by atoms with van der Waals surface area (Å²) < 4.78 is 11.6. The second-order valence-corrected chi connectivity index (χ2v) is 12.0. The largest absolute Gasteiger partial charge is 0.453 e. The Labute approximate surface area is 263 Å². The van der Waals surface area contributed by atoms with Gasteiger partial charge in [-0.25, -0.2) is 9.36 Å². The van der Waals surface area contributed by atoms with Gasteiger partial charge in [0, 0.05) is 10.8 Å². The summed E-state index contributed by atoms with van der Waals surface area (Å²) in [6.45, 7) is 4.16. The summed E-state index contributed by atoms with van der Waals surface area (Å²) in [6, 6.07) is 41.4. The Morgan fingerprint density at radius 2 is 1.11 bits per heavy atom. The zero-order valence-electron chi connectivity index (χ0n) is 25.2. The third-order valence-corrected chi connectivity index (χ3v) is 8.96. The lowest BCUT2D eigenvalue weighted by molar-refractivity contribution is 0.475. The predicted octanol–water partition coefficient (Wildman–Crippen LogP) is 8.63. The van der Waals surface area contributed by atoms with E-state index in [1.807, 2.05) is 66.7 Å². The van der Waals surface area contributed by atoms with Crippen molar-refractivity contribution in [1.29, 1.82) is 0 Å².